The number of nitrogens with one attached hydrogen (secondary N) is 2. The Kier molecular flexibility index (Phi) is 7.37. The molecule has 0 bridgehead atoms. The Morgan fingerprint density at radius 3 is 2.71 bits per heavy atom. The number of likely N-dealkylation sites (N-methyl/N-ethyl adjacent to an activating group) is 1. The molecule has 3 atom stereocenters. The number of hydrogen-bond donors (Lipinski definition) is 3. The Bertz CT molecular complexity index is 843. The molecule has 0 aromatic heterocycles. The van der Waals surface area contributed by atoms with Crippen LogP contribution in [0.3, 0.4) is 0 Å². The Labute approximate surface area is 183 Å². The smallest absolute Gasteiger partial charge is 0.325 e. The number of carbonyl (C=O) groups is 2. The van der Waals surface area contributed by atoms with Crippen LogP contribution in [0.15, 0.2) is 23.2 Å². The van der Waals surface area contributed by atoms with E-state index in [2.05, 4.69) is 22.5 Å². The molecule has 0 saturated carbocycles. The van der Waals surface area contributed by atoms with E-state index in [4.69, 9.17) is 4.74 Å². The van der Waals surface area contributed by atoms with Crippen molar-refractivity contribution in [2.45, 2.75) is 58.3 Å². The minimum Gasteiger partial charge on any atom is -0.491 e. The van der Waals surface area contributed by atoms with Crippen LogP contribution in [0.2, 0.25) is 0 Å². The van der Waals surface area contributed by atoms with Crippen molar-refractivity contribution in [3.63, 3.8) is 0 Å². The summed E-state index contributed by atoms with van der Waals surface area (Å²) in [7, 11) is 1.63. The lowest BCUT2D eigenvalue weighted by atomic mass is 10.1. The first-order valence-electron chi connectivity index (χ1n) is 10.8. The van der Waals surface area contributed by atoms with E-state index < -0.39 is 30.2 Å². The second kappa shape index (κ2) is 10.00. The van der Waals surface area contributed by atoms with E-state index in [9.17, 15) is 14.7 Å². The van der Waals surface area contributed by atoms with Gasteiger partial charge >= 0.3 is 6.03 Å². The van der Waals surface area contributed by atoms with Gasteiger partial charge in [-0.05, 0) is 43.5 Å². The summed E-state index contributed by atoms with van der Waals surface area (Å²) in [6, 6.07) is 4.67. The molecular weight excluding hydrogens is 398 g/mol. The number of urea groups is 1. The van der Waals surface area contributed by atoms with Gasteiger partial charge in [-0.2, -0.15) is 0 Å². The molecule has 0 radical (unpaired) electrons. The van der Waals surface area contributed by atoms with Crippen molar-refractivity contribution in [1.82, 2.24) is 20.4 Å². The van der Waals surface area contributed by atoms with Crippen LogP contribution in [-0.4, -0.2) is 77.9 Å². The number of benzene rings is 1. The molecule has 170 valence electrons. The number of amides is 3. The number of aryl methyl sites for hydroxylation is 2. The van der Waals surface area contributed by atoms with Crippen molar-refractivity contribution in [3.8, 4) is 5.75 Å². The molecule has 2 aliphatic heterocycles. The number of rotatable bonds is 9. The monoisotopic (exact) mass is 431 g/mol. The average Bonchev–Trinajstić information content (AvgIpc) is 3.09. The first kappa shape index (κ1) is 22.9. The van der Waals surface area contributed by atoms with Crippen LogP contribution in [0.1, 0.15) is 37.3 Å². The van der Waals surface area contributed by atoms with Crippen molar-refractivity contribution >= 4 is 17.9 Å². The number of imide groups is 1. The maximum Gasteiger partial charge on any atom is 0.325 e. The van der Waals surface area contributed by atoms with Crippen LogP contribution >= 0.6 is 0 Å². The van der Waals surface area contributed by atoms with E-state index in [-0.39, 0.29) is 13.2 Å². The minimum absolute atomic E-state index is 0.0793. The topological polar surface area (TPSA) is 106 Å². The fourth-order valence-corrected chi connectivity index (χ4v) is 3.74. The van der Waals surface area contributed by atoms with Gasteiger partial charge in [0.2, 0.25) is 0 Å². The van der Waals surface area contributed by atoms with Crippen molar-refractivity contribution in [2.75, 3.05) is 26.7 Å². The molecule has 2 heterocycles. The highest BCUT2D eigenvalue weighted by Gasteiger charge is 2.50. The fraction of sp³-hybridized carbons (Fsp3) is 0.591. The Morgan fingerprint density at radius 2 is 2.00 bits per heavy atom. The number of hydrogen-bond acceptors (Lipinski definition) is 5. The minimum atomic E-state index is -0.848. The maximum atomic E-state index is 12.6. The zero-order chi connectivity index (χ0) is 22.5. The van der Waals surface area contributed by atoms with Gasteiger partial charge in [0, 0.05) is 13.6 Å². The molecule has 3 unspecified atom stereocenters. The van der Waals surface area contributed by atoms with E-state index in [1.165, 1.54) is 10.5 Å². The van der Waals surface area contributed by atoms with Crippen LogP contribution in [-0.2, 0) is 4.79 Å². The maximum absolute atomic E-state index is 12.6. The van der Waals surface area contributed by atoms with E-state index in [1.54, 1.807) is 11.9 Å². The second-order valence-corrected chi connectivity index (χ2v) is 8.22. The molecule has 1 aromatic rings. The van der Waals surface area contributed by atoms with Crippen molar-refractivity contribution < 1.29 is 19.4 Å². The van der Waals surface area contributed by atoms with Gasteiger partial charge in [0.05, 0.1) is 6.54 Å². The molecule has 31 heavy (non-hydrogen) atoms. The summed E-state index contributed by atoms with van der Waals surface area (Å²) in [5.74, 6) is 0.809. The SMILES string of the molecule is CCCCCN=C1NC2C(C(=O)NC(=O)N2C)N1CC(O)COc1ccc(C)c(C)c1. The lowest BCUT2D eigenvalue weighted by Crippen LogP contribution is -2.65. The third-order valence-corrected chi connectivity index (χ3v) is 5.77. The van der Waals surface area contributed by atoms with Gasteiger partial charge in [-0.1, -0.05) is 25.8 Å². The fourth-order valence-electron chi connectivity index (χ4n) is 3.74. The number of aliphatic hydroxyl groups excluding tert-OH is 1. The summed E-state index contributed by atoms with van der Waals surface area (Å²) in [6.07, 6.45) is 1.71. The van der Waals surface area contributed by atoms with Gasteiger partial charge in [-0.3, -0.25) is 15.1 Å². The second-order valence-electron chi connectivity index (χ2n) is 8.22. The van der Waals surface area contributed by atoms with Crippen molar-refractivity contribution in [1.29, 1.82) is 0 Å². The van der Waals surface area contributed by atoms with Gasteiger partial charge in [-0.25, -0.2) is 4.79 Å². The van der Waals surface area contributed by atoms with Crippen LogP contribution in [0.5, 0.6) is 5.75 Å². The summed E-state index contributed by atoms with van der Waals surface area (Å²) >= 11 is 0. The van der Waals surface area contributed by atoms with Crippen LogP contribution in [0.4, 0.5) is 4.79 Å². The highest BCUT2D eigenvalue weighted by atomic mass is 16.5. The summed E-state index contributed by atoms with van der Waals surface area (Å²) in [4.78, 5) is 32.4. The van der Waals surface area contributed by atoms with Gasteiger partial charge in [0.1, 0.15) is 24.6 Å². The van der Waals surface area contributed by atoms with Crippen molar-refractivity contribution in [3.05, 3.63) is 29.3 Å². The lowest BCUT2D eigenvalue weighted by Gasteiger charge is -2.35. The number of guanidine groups is 1. The highest BCUT2D eigenvalue weighted by molar-refractivity contribution is 6.04. The molecule has 3 amide bonds. The number of aliphatic imine (C=N–C) groups is 1. The summed E-state index contributed by atoms with van der Waals surface area (Å²) in [5, 5.41) is 16.2. The Morgan fingerprint density at radius 1 is 1.23 bits per heavy atom. The lowest BCUT2D eigenvalue weighted by molar-refractivity contribution is -0.127. The van der Waals surface area contributed by atoms with E-state index >= 15 is 0 Å². The van der Waals surface area contributed by atoms with Crippen molar-refractivity contribution in [2.24, 2.45) is 4.99 Å². The number of fused-ring (bicyclic) bond motifs is 1. The zero-order valence-electron chi connectivity index (χ0n) is 18.7. The predicted molar refractivity (Wildman–Crippen MR) is 118 cm³/mol. The van der Waals surface area contributed by atoms with E-state index in [0.717, 1.165) is 24.8 Å². The normalized spacial score (nSPS) is 22.9. The third kappa shape index (κ3) is 5.28. The van der Waals surface area contributed by atoms with Gasteiger partial charge in [0.15, 0.2) is 12.0 Å². The molecule has 1 aromatic carbocycles. The number of aliphatic hydroxyl groups is 1. The van der Waals surface area contributed by atoms with Crippen LogP contribution in [0, 0.1) is 13.8 Å². The molecule has 2 aliphatic rings. The first-order valence-corrected chi connectivity index (χ1v) is 10.8. The number of unbranched alkanes of at least 4 members (excludes halogenated alkanes) is 2. The average molecular weight is 432 g/mol. The molecule has 9 nitrogen and oxygen atoms in total. The summed E-state index contributed by atoms with van der Waals surface area (Å²) in [5.41, 5.74) is 2.29. The van der Waals surface area contributed by atoms with E-state index in [0.29, 0.717) is 18.3 Å². The summed E-state index contributed by atoms with van der Waals surface area (Å²) in [6.45, 7) is 7.01. The van der Waals surface area contributed by atoms with Gasteiger partial charge in [0.25, 0.3) is 5.91 Å². The molecule has 3 rings (SSSR count). The molecule has 2 saturated heterocycles. The van der Waals surface area contributed by atoms with Crippen LogP contribution in [0.25, 0.3) is 0 Å². The Balaban J connectivity index is 1.70. The largest absolute Gasteiger partial charge is 0.491 e. The van der Waals surface area contributed by atoms with Gasteiger partial charge in [-0.15, -0.1) is 0 Å². The van der Waals surface area contributed by atoms with Gasteiger partial charge < -0.3 is 25.0 Å². The molecular formula is C22H33N5O4. The number of ether oxygens (including phenoxy) is 1. The molecule has 9 heteroatoms. The number of nitrogens with zero attached hydrogens (tertiary/aromatic N) is 3. The number of carbonyl (C=O) groups excluding carboxylic acids is 2. The molecule has 0 spiro atoms. The standard InChI is InChI=1S/C22H33N5O4/c1-5-6-7-10-23-21-24-19-18(20(29)25-22(30)26(19)4)27(21)12-16(28)13-31-17-9-8-14(2)15(3)11-17/h8-9,11,16,18-19,28H,5-7,10,12-13H2,1-4H3,(H,23,24)(H,25,29,30). The summed E-state index contributed by atoms with van der Waals surface area (Å²) < 4.78 is 5.76. The third-order valence-electron chi connectivity index (χ3n) is 5.77. The molecule has 0 aliphatic carbocycles. The predicted octanol–water partition coefficient (Wildman–Crippen LogP) is 1.37. The van der Waals surface area contributed by atoms with Crippen LogP contribution < -0.4 is 15.4 Å². The quantitative estimate of drug-likeness (QED) is 0.510. The number of β-amino-alcohol motifs (C(OH)–C–C–N with tert-alkyl or cyclic N) is 1. The molecule has 2 fully saturated rings. The molecule has 3 N–H and O–H groups in total. The highest BCUT2D eigenvalue weighted by Crippen LogP contribution is 2.22. The zero-order valence-corrected chi connectivity index (χ0v) is 18.7. The Hall–Kier alpha value is -2.81. The van der Waals surface area contributed by atoms with E-state index in [1.807, 2.05) is 32.0 Å². The first-order chi connectivity index (χ1) is 14.8.